The molecule has 0 aliphatic rings. The first kappa shape index (κ1) is 17.1. The number of ether oxygens (including phenoxy) is 2. The minimum absolute atomic E-state index is 0.0411. The van der Waals surface area contributed by atoms with E-state index in [2.05, 4.69) is 26.0 Å². The van der Waals surface area contributed by atoms with Gasteiger partial charge in [0, 0.05) is 11.6 Å². The Labute approximate surface area is 138 Å². The lowest BCUT2D eigenvalue weighted by Crippen LogP contribution is -2.05. The second-order valence-corrected chi connectivity index (χ2v) is 5.53. The summed E-state index contributed by atoms with van der Waals surface area (Å²) in [4.78, 5) is 12.7. The van der Waals surface area contributed by atoms with E-state index in [1.54, 1.807) is 32.4 Å². The van der Waals surface area contributed by atoms with E-state index in [4.69, 9.17) is 9.47 Å². The Morgan fingerprint density at radius 2 is 1.61 bits per heavy atom. The van der Waals surface area contributed by atoms with Crippen molar-refractivity contribution in [3.05, 3.63) is 59.2 Å². The van der Waals surface area contributed by atoms with Gasteiger partial charge in [-0.3, -0.25) is 4.79 Å². The zero-order chi connectivity index (χ0) is 16.8. The number of benzene rings is 2. The van der Waals surface area contributed by atoms with E-state index in [1.165, 1.54) is 5.56 Å². The fraction of sp³-hybridized carbons (Fsp3) is 0.350. The maximum atomic E-state index is 12.7. The Morgan fingerprint density at radius 1 is 0.957 bits per heavy atom. The summed E-state index contributed by atoms with van der Waals surface area (Å²) in [5.74, 6) is 1.70. The number of methoxy groups -OCH3 is 2. The second kappa shape index (κ2) is 7.82. The normalized spacial score (nSPS) is 10.7. The van der Waals surface area contributed by atoms with Crippen LogP contribution in [0.15, 0.2) is 42.5 Å². The average Bonchev–Trinajstić information content (AvgIpc) is 2.62. The molecule has 0 atom stereocenters. The Bertz CT molecular complexity index is 655. The van der Waals surface area contributed by atoms with E-state index < -0.39 is 0 Å². The monoisotopic (exact) mass is 312 g/mol. The van der Waals surface area contributed by atoms with Gasteiger partial charge in [0.25, 0.3) is 0 Å². The molecule has 0 aliphatic carbocycles. The van der Waals surface area contributed by atoms with Crippen LogP contribution in [-0.4, -0.2) is 20.0 Å². The van der Waals surface area contributed by atoms with Crippen LogP contribution >= 0.6 is 0 Å². The fourth-order valence-electron chi connectivity index (χ4n) is 2.81. The topological polar surface area (TPSA) is 35.5 Å². The number of hydrogen-bond donors (Lipinski definition) is 0. The van der Waals surface area contributed by atoms with Crippen molar-refractivity contribution in [1.82, 2.24) is 0 Å². The summed E-state index contributed by atoms with van der Waals surface area (Å²) in [6.07, 6.45) is 2.21. The van der Waals surface area contributed by atoms with Gasteiger partial charge in [0.05, 0.1) is 19.8 Å². The summed E-state index contributed by atoms with van der Waals surface area (Å²) in [5, 5.41) is 0. The predicted molar refractivity (Wildman–Crippen MR) is 92.7 cm³/mol. The molecule has 0 fully saturated rings. The number of carbonyl (C=O) groups excluding carboxylic acids is 1. The van der Waals surface area contributed by atoms with Gasteiger partial charge in [0.15, 0.2) is 5.78 Å². The van der Waals surface area contributed by atoms with Crippen LogP contribution in [0, 0.1) is 0 Å². The highest BCUT2D eigenvalue weighted by atomic mass is 16.5. The van der Waals surface area contributed by atoms with Crippen molar-refractivity contribution < 1.29 is 14.3 Å². The molecule has 2 aromatic rings. The molecule has 0 unspecified atom stereocenters. The summed E-state index contributed by atoms with van der Waals surface area (Å²) in [7, 11) is 3.15. The third-order valence-corrected chi connectivity index (χ3v) is 4.28. The number of hydrogen-bond acceptors (Lipinski definition) is 3. The molecule has 0 bridgehead atoms. The fourth-order valence-corrected chi connectivity index (χ4v) is 2.81. The van der Waals surface area contributed by atoms with Gasteiger partial charge in [-0.25, -0.2) is 0 Å². The lowest BCUT2D eigenvalue weighted by molar-refractivity contribution is 0.103. The second-order valence-electron chi connectivity index (χ2n) is 5.53. The van der Waals surface area contributed by atoms with Crippen molar-refractivity contribution in [2.45, 2.75) is 32.6 Å². The summed E-state index contributed by atoms with van der Waals surface area (Å²) < 4.78 is 10.5. The van der Waals surface area contributed by atoms with Crippen molar-refractivity contribution in [1.29, 1.82) is 0 Å². The number of ketones is 1. The highest BCUT2D eigenvalue weighted by Gasteiger charge is 2.16. The minimum atomic E-state index is -0.0411. The van der Waals surface area contributed by atoms with Gasteiger partial charge in [0.1, 0.15) is 11.5 Å². The SMILES string of the molecule is CCC(CC)c1ccc(C(=O)c2ccc(OC)cc2OC)cc1. The number of carbonyl (C=O) groups is 1. The standard InChI is InChI=1S/C20H24O3/c1-5-14(6-2)15-7-9-16(10-8-15)20(21)18-12-11-17(22-3)13-19(18)23-4/h7-14H,5-6H2,1-4H3. The Morgan fingerprint density at radius 3 is 2.13 bits per heavy atom. The predicted octanol–water partition coefficient (Wildman–Crippen LogP) is 4.84. The quantitative estimate of drug-likeness (QED) is 0.686. The third kappa shape index (κ3) is 3.73. The zero-order valence-electron chi connectivity index (χ0n) is 14.3. The van der Waals surface area contributed by atoms with Gasteiger partial charge in [-0.15, -0.1) is 0 Å². The molecule has 0 aromatic heterocycles. The van der Waals surface area contributed by atoms with Crippen LogP contribution in [0.25, 0.3) is 0 Å². The molecule has 0 saturated heterocycles. The summed E-state index contributed by atoms with van der Waals surface area (Å²) >= 11 is 0. The van der Waals surface area contributed by atoms with Gasteiger partial charge in [-0.05, 0) is 36.5 Å². The van der Waals surface area contributed by atoms with Gasteiger partial charge in [0.2, 0.25) is 0 Å². The van der Waals surface area contributed by atoms with Crippen LogP contribution in [0.4, 0.5) is 0 Å². The van der Waals surface area contributed by atoms with E-state index in [0.717, 1.165) is 12.8 Å². The molecule has 122 valence electrons. The smallest absolute Gasteiger partial charge is 0.196 e. The molecular weight excluding hydrogens is 288 g/mol. The molecule has 0 saturated carbocycles. The first-order valence-electron chi connectivity index (χ1n) is 8.01. The van der Waals surface area contributed by atoms with E-state index in [0.29, 0.717) is 28.5 Å². The van der Waals surface area contributed by atoms with Gasteiger partial charge >= 0.3 is 0 Å². The Kier molecular flexibility index (Phi) is 5.80. The van der Waals surface area contributed by atoms with Crippen LogP contribution in [0.3, 0.4) is 0 Å². The first-order chi connectivity index (χ1) is 11.1. The highest BCUT2D eigenvalue weighted by Crippen LogP contribution is 2.28. The first-order valence-corrected chi connectivity index (χ1v) is 8.01. The van der Waals surface area contributed by atoms with Crippen LogP contribution in [0.2, 0.25) is 0 Å². The number of rotatable bonds is 7. The summed E-state index contributed by atoms with van der Waals surface area (Å²) in [6, 6.07) is 13.2. The van der Waals surface area contributed by atoms with Crippen molar-refractivity contribution in [2.24, 2.45) is 0 Å². The molecule has 0 N–H and O–H groups in total. The highest BCUT2D eigenvalue weighted by molar-refractivity contribution is 6.10. The van der Waals surface area contributed by atoms with E-state index in [-0.39, 0.29) is 5.78 Å². The molecule has 0 radical (unpaired) electrons. The van der Waals surface area contributed by atoms with Crippen LogP contribution in [0.5, 0.6) is 11.5 Å². The van der Waals surface area contributed by atoms with Crippen LogP contribution in [-0.2, 0) is 0 Å². The molecule has 2 rings (SSSR count). The van der Waals surface area contributed by atoms with E-state index in [9.17, 15) is 4.79 Å². The third-order valence-electron chi connectivity index (χ3n) is 4.28. The Balaban J connectivity index is 2.30. The summed E-state index contributed by atoms with van der Waals surface area (Å²) in [5.41, 5.74) is 2.50. The minimum Gasteiger partial charge on any atom is -0.497 e. The zero-order valence-corrected chi connectivity index (χ0v) is 14.3. The molecule has 23 heavy (non-hydrogen) atoms. The van der Waals surface area contributed by atoms with Crippen molar-refractivity contribution in [3.63, 3.8) is 0 Å². The lowest BCUT2D eigenvalue weighted by atomic mass is 9.92. The van der Waals surface area contributed by atoms with Gasteiger partial charge in [-0.1, -0.05) is 38.1 Å². The largest absolute Gasteiger partial charge is 0.497 e. The molecule has 0 spiro atoms. The molecule has 3 nitrogen and oxygen atoms in total. The van der Waals surface area contributed by atoms with E-state index in [1.807, 2.05) is 12.1 Å². The van der Waals surface area contributed by atoms with Gasteiger partial charge < -0.3 is 9.47 Å². The molecule has 3 heteroatoms. The Hall–Kier alpha value is -2.29. The van der Waals surface area contributed by atoms with Crippen LogP contribution < -0.4 is 9.47 Å². The lowest BCUT2D eigenvalue weighted by Gasteiger charge is -2.13. The van der Waals surface area contributed by atoms with Crippen molar-refractivity contribution in [2.75, 3.05) is 14.2 Å². The molecule has 0 aliphatic heterocycles. The maximum Gasteiger partial charge on any atom is 0.196 e. The molecule has 2 aromatic carbocycles. The molecule has 0 amide bonds. The van der Waals surface area contributed by atoms with Crippen molar-refractivity contribution >= 4 is 5.78 Å². The van der Waals surface area contributed by atoms with E-state index >= 15 is 0 Å². The van der Waals surface area contributed by atoms with Crippen LogP contribution in [0.1, 0.15) is 54.1 Å². The average molecular weight is 312 g/mol. The van der Waals surface area contributed by atoms with Gasteiger partial charge in [-0.2, -0.15) is 0 Å². The summed E-state index contributed by atoms with van der Waals surface area (Å²) in [6.45, 7) is 4.38. The maximum absolute atomic E-state index is 12.7. The van der Waals surface area contributed by atoms with Crippen molar-refractivity contribution in [3.8, 4) is 11.5 Å². The molecule has 0 heterocycles. The molecular formula is C20H24O3.